The topological polar surface area (TPSA) is 193 Å². The maximum absolute atomic E-state index is 14.4. The number of rotatable bonds is 18. The molecule has 0 unspecified atom stereocenters. The van der Waals surface area contributed by atoms with Gasteiger partial charge in [-0.05, 0) is 92.6 Å². The van der Waals surface area contributed by atoms with E-state index in [1.165, 1.54) is 12.1 Å². The van der Waals surface area contributed by atoms with Crippen LogP contribution in [0.1, 0.15) is 73.8 Å². The van der Waals surface area contributed by atoms with Crippen molar-refractivity contribution in [1.29, 1.82) is 10.5 Å². The van der Waals surface area contributed by atoms with Gasteiger partial charge in [0.05, 0.1) is 57.0 Å². The van der Waals surface area contributed by atoms with Gasteiger partial charge in [0, 0.05) is 17.8 Å². The fourth-order valence-electron chi connectivity index (χ4n) is 7.32. The van der Waals surface area contributed by atoms with E-state index in [4.69, 9.17) is 44.3 Å². The zero-order valence-corrected chi connectivity index (χ0v) is 37.9. The normalized spacial score (nSPS) is 17.9. The Bertz CT molecular complexity index is 2580. The first-order chi connectivity index (χ1) is 30.5. The summed E-state index contributed by atoms with van der Waals surface area (Å²) in [6.45, 7) is 1.94. The lowest BCUT2D eigenvalue weighted by molar-refractivity contribution is -0.0962. The maximum atomic E-state index is 14.4. The third-order valence-corrected chi connectivity index (χ3v) is 13.1. The highest BCUT2D eigenvalue weighted by molar-refractivity contribution is 8.07. The number of aliphatic hydroxyl groups excluding tert-OH is 1. The number of aromatic nitrogens is 2. The number of hydrogen-bond donors (Lipinski definition) is 1. The molecule has 0 aliphatic carbocycles. The van der Waals surface area contributed by atoms with Crippen LogP contribution in [0.2, 0.25) is 0 Å². The van der Waals surface area contributed by atoms with Gasteiger partial charge >= 0.3 is 12.4 Å². The molecule has 1 aromatic heterocycles. The number of methoxy groups -OCH3 is 2. The predicted octanol–water partition coefficient (Wildman–Crippen LogP) is 7.01. The van der Waals surface area contributed by atoms with Gasteiger partial charge in [0.2, 0.25) is 0 Å². The first-order valence-electron chi connectivity index (χ1n) is 20.2. The molecule has 1 saturated heterocycles. The molecule has 334 valence electrons. The fourth-order valence-corrected chi connectivity index (χ4v) is 10.8. The molecule has 4 aromatic carbocycles. The Morgan fingerprint density at radius 3 is 1.73 bits per heavy atom. The minimum absolute atomic E-state index is 0.0666. The molecule has 5 aromatic rings. The molecule has 64 heavy (non-hydrogen) atoms. The van der Waals surface area contributed by atoms with Crippen molar-refractivity contribution >= 4 is 24.4 Å². The molecule has 0 radical (unpaired) electrons. The van der Waals surface area contributed by atoms with Crippen LogP contribution in [-0.2, 0) is 40.5 Å². The molecule has 1 fully saturated rings. The molecule has 0 spiro atoms. The largest absolute Gasteiger partial charge is 0.497 e. The highest BCUT2D eigenvalue weighted by Gasteiger charge is 2.52. The molecule has 0 saturated carbocycles. The van der Waals surface area contributed by atoms with Crippen molar-refractivity contribution in [2.45, 2.75) is 81.9 Å². The van der Waals surface area contributed by atoms with Crippen molar-refractivity contribution in [3.63, 3.8) is 0 Å². The number of nitriles is 2. The highest BCUT2D eigenvalue weighted by atomic mass is 32.5. The number of ether oxygens (including phenoxy) is 4. The Kier molecular flexibility index (Phi) is 14.9. The predicted molar refractivity (Wildman–Crippen MR) is 239 cm³/mol. The Hall–Kier alpha value is -5.78. The van der Waals surface area contributed by atoms with Crippen molar-refractivity contribution in [2.24, 2.45) is 0 Å². The number of benzene rings is 4. The van der Waals surface area contributed by atoms with E-state index in [9.17, 15) is 30.0 Å². The van der Waals surface area contributed by atoms with Crippen molar-refractivity contribution in [3.05, 3.63) is 165 Å². The summed E-state index contributed by atoms with van der Waals surface area (Å²) in [6, 6.07) is 37.0. The van der Waals surface area contributed by atoms with Crippen LogP contribution in [0.3, 0.4) is 0 Å². The molecule has 2 heterocycles. The van der Waals surface area contributed by atoms with Crippen LogP contribution in [-0.4, -0.2) is 70.5 Å². The Labute approximate surface area is 376 Å². The SMILES string of the molecule is COc1ccc(C(OC[C@H]2O[C@@H](n3ccc(=O)n(C(=O)c4ccccc4)c3=O)[C@H](OP(=S)(OC(C)(C)CC#N)OC(C)(C)CC#N)[C@@H]2O)(c2ccccc2)c2ccc(OC)cc2)cc1. The smallest absolute Gasteiger partial charge is 0.340 e. The molecule has 0 amide bonds. The van der Waals surface area contributed by atoms with E-state index in [0.717, 1.165) is 16.8 Å². The summed E-state index contributed by atoms with van der Waals surface area (Å²) < 4.78 is 45.2. The third kappa shape index (κ3) is 10.4. The van der Waals surface area contributed by atoms with Gasteiger partial charge in [-0.25, -0.2) is 4.79 Å². The average molecular weight is 909 g/mol. The molecular formula is C47H49N4O11PS. The molecule has 4 atom stereocenters. The van der Waals surface area contributed by atoms with Gasteiger partial charge in [-0.1, -0.05) is 72.8 Å². The number of aliphatic hydroxyl groups is 1. The zero-order chi connectivity index (χ0) is 46.3. The molecule has 17 heteroatoms. The summed E-state index contributed by atoms with van der Waals surface area (Å²) in [6.07, 6.45) is -5.31. The highest BCUT2D eigenvalue weighted by Crippen LogP contribution is 2.59. The second kappa shape index (κ2) is 19.9. The first kappa shape index (κ1) is 47.7. The van der Waals surface area contributed by atoms with Gasteiger partial charge in [0.15, 0.2) is 6.23 Å². The van der Waals surface area contributed by atoms with Crippen LogP contribution >= 0.6 is 6.72 Å². The van der Waals surface area contributed by atoms with E-state index < -0.39 is 65.2 Å². The molecule has 1 N–H and O–H groups in total. The lowest BCUT2D eigenvalue weighted by Crippen LogP contribution is -2.46. The summed E-state index contributed by atoms with van der Waals surface area (Å²) >= 11 is 6.01. The fraction of sp³-hybridized carbons (Fsp3) is 0.340. The average Bonchev–Trinajstić information content (AvgIpc) is 3.57. The van der Waals surface area contributed by atoms with Gasteiger partial charge in [-0.15, -0.1) is 0 Å². The van der Waals surface area contributed by atoms with Gasteiger partial charge in [0.25, 0.3) is 11.5 Å². The van der Waals surface area contributed by atoms with E-state index in [0.29, 0.717) is 32.8 Å². The van der Waals surface area contributed by atoms with E-state index in [-0.39, 0.29) is 25.0 Å². The minimum Gasteiger partial charge on any atom is -0.497 e. The number of carbonyl (C=O) groups excluding carboxylic acids is 1. The van der Waals surface area contributed by atoms with Crippen LogP contribution in [0.4, 0.5) is 0 Å². The maximum Gasteiger partial charge on any atom is 0.340 e. The zero-order valence-electron chi connectivity index (χ0n) is 36.2. The number of carbonyl (C=O) groups is 1. The summed E-state index contributed by atoms with van der Waals surface area (Å²) in [5.41, 5.74) is -3.76. The van der Waals surface area contributed by atoms with Crippen LogP contribution in [0.5, 0.6) is 11.5 Å². The van der Waals surface area contributed by atoms with Crippen LogP contribution in [0.15, 0.2) is 131 Å². The van der Waals surface area contributed by atoms with Crippen molar-refractivity contribution in [3.8, 4) is 23.6 Å². The lowest BCUT2D eigenvalue weighted by Gasteiger charge is -2.38. The monoisotopic (exact) mass is 908 g/mol. The minimum atomic E-state index is -4.13. The van der Waals surface area contributed by atoms with Crippen LogP contribution < -0.4 is 20.7 Å². The quantitative estimate of drug-likeness (QED) is 0.0697. The second-order valence-corrected chi connectivity index (χ2v) is 18.9. The Morgan fingerprint density at radius 1 is 0.766 bits per heavy atom. The van der Waals surface area contributed by atoms with E-state index in [1.807, 2.05) is 54.6 Å². The molecule has 0 bridgehead atoms. The molecule has 15 nitrogen and oxygen atoms in total. The lowest BCUT2D eigenvalue weighted by atomic mass is 9.80. The second-order valence-electron chi connectivity index (χ2n) is 16.1. The van der Waals surface area contributed by atoms with Crippen LogP contribution in [0.25, 0.3) is 0 Å². The summed E-state index contributed by atoms with van der Waals surface area (Å²) in [7, 11) is 3.13. The van der Waals surface area contributed by atoms with Crippen LogP contribution in [0, 0.1) is 22.7 Å². The molecule has 1 aliphatic rings. The first-order valence-corrected chi connectivity index (χ1v) is 22.8. The van der Waals surface area contributed by atoms with Gasteiger partial charge in [-0.3, -0.25) is 18.7 Å². The van der Waals surface area contributed by atoms with E-state index in [2.05, 4.69) is 12.1 Å². The third-order valence-electron chi connectivity index (χ3n) is 10.4. The Balaban J connectivity index is 1.50. The summed E-state index contributed by atoms with van der Waals surface area (Å²) in [4.78, 5) is 41.4. The summed E-state index contributed by atoms with van der Waals surface area (Å²) in [5.74, 6) is 0.304. The molecule has 1 aliphatic heterocycles. The van der Waals surface area contributed by atoms with E-state index in [1.54, 1.807) is 84.4 Å². The number of hydrogen-bond acceptors (Lipinski definition) is 14. The van der Waals surface area contributed by atoms with Crippen molar-refractivity contribution < 1.29 is 42.4 Å². The number of nitrogens with zero attached hydrogens (tertiary/aromatic N) is 4. The van der Waals surface area contributed by atoms with Gasteiger partial charge in [-0.2, -0.15) is 15.1 Å². The molecule has 6 rings (SSSR count). The standard InChI is InChI=1S/C47H49N4O11PS/c1-45(2,26-28-48)61-63(64,62-46(3,4)27-29-49)60-41-40(53)38(59-43(41)50-30-25-39(52)51(44(50)55)42(54)32-13-9-7-10-14-32)31-58-47(33-15-11-8-12-16-33,34-17-21-36(56-5)22-18-34)35-19-23-37(57-6)24-20-35/h7-25,30,38,40-41,43,53H,26-27,31H2,1-6H3/t38-,40-,41-,43-/m1/s1. The van der Waals surface area contributed by atoms with Gasteiger partial charge in [0.1, 0.15) is 35.4 Å². The summed E-state index contributed by atoms with van der Waals surface area (Å²) in [5, 5.41) is 31.7. The molecular weight excluding hydrogens is 860 g/mol. The van der Waals surface area contributed by atoms with Gasteiger partial charge < -0.3 is 33.1 Å². The van der Waals surface area contributed by atoms with E-state index >= 15 is 0 Å². The van der Waals surface area contributed by atoms with Crippen molar-refractivity contribution in [2.75, 3.05) is 20.8 Å². The Morgan fingerprint density at radius 2 is 1.25 bits per heavy atom. The van der Waals surface area contributed by atoms with Crippen molar-refractivity contribution in [1.82, 2.24) is 9.13 Å².